The summed E-state index contributed by atoms with van der Waals surface area (Å²) in [6.07, 6.45) is 3.23. The molecule has 1 aliphatic carbocycles. The number of amides is 1. The lowest BCUT2D eigenvalue weighted by Gasteiger charge is -2.39. The summed E-state index contributed by atoms with van der Waals surface area (Å²) in [5.41, 5.74) is 0. The van der Waals surface area contributed by atoms with E-state index in [1.165, 1.54) is 0 Å². The van der Waals surface area contributed by atoms with Gasteiger partial charge in [-0.2, -0.15) is 0 Å². The summed E-state index contributed by atoms with van der Waals surface area (Å²) in [6, 6.07) is 0. The van der Waals surface area contributed by atoms with Crippen molar-refractivity contribution >= 4 is 15.9 Å². The Hall–Kier alpha value is -0.660. The normalized spacial score (nSPS) is 24.8. The highest BCUT2D eigenvalue weighted by Crippen LogP contribution is 2.35. The molecule has 1 saturated heterocycles. The molecule has 0 atom stereocenters. The first-order valence-electron chi connectivity index (χ1n) is 6.50. The highest BCUT2D eigenvalue weighted by molar-refractivity contribution is 7.91. The highest BCUT2D eigenvalue weighted by Gasteiger charge is 2.51. The van der Waals surface area contributed by atoms with Gasteiger partial charge in [0, 0.05) is 26.2 Å². The van der Waals surface area contributed by atoms with Crippen LogP contribution in [0.2, 0.25) is 0 Å². The molecule has 0 bridgehead atoms. The number of nitrogens with two attached hydrogens (primary N) is 1. The van der Waals surface area contributed by atoms with E-state index < -0.39 is 14.8 Å². The zero-order chi connectivity index (χ0) is 13.2. The quantitative estimate of drug-likeness (QED) is 0.704. The number of nitrogens with one attached hydrogen (secondary N) is 1. The number of piperazine rings is 1. The molecule has 0 aromatic rings. The van der Waals surface area contributed by atoms with Crippen LogP contribution in [0.15, 0.2) is 0 Å². The largest absolute Gasteiger partial charge is 0.339 e. The summed E-state index contributed by atoms with van der Waals surface area (Å²) in [4.78, 5) is 14.2. The van der Waals surface area contributed by atoms with Gasteiger partial charge in [0.1, 0.15) is 0 Å². The Balaban J connectivity index is 2.26. The predicted octanol–water partition coefficient (Wildman–Crippen LogP) is -0.590. The molecule has 0 spiro atoms. The summed E-state index contributed by atoms with van der Waals surface area (Å²) in [7, 11) is -3.85. The molecular formula is C11H21N3O3S. The smallest absolute Gasteiger partial charge is 0.245 e. The van der Waals surface area contributed by atoms with E-state index in [0.29, 0.717) is 39.0 Å². The fourth-order valence-corrected chi connectivity index (χ4v) is 4.13. The Kier molecular flexibility index (Phi) is 3.93. The molecule has 0 aromatic carbocycles. The highest BCUT2D eigenvalue weighted by atomic mass is 32.2. The minimum atomic E-state index is -3.85. The molecule has 6 nitrogen and oxygen atoms in total. The molecule has 1 saturated carbocycles. The van der Waals surface area contributed by atoms with Gasteiger partial charge < -0.3 is 10.2 Å². The first-order valence-corrected chi connectivity index (χ1v) is 8.04. The molecule has 2 aliphatic rings. The number of hydrogen-bond acceptors (Lipinski definition) is 4. The van der Waals surface area contributed by atoms with E-state index in [0.717, 1.165) is 19.3 Å². The zero-order valence-corrected chi connectivity index (χ0v) is 11.3. The maximum atomic E-state index is 12.6. The van der Waals surface area contributed by atoms with Gasteiger partial charge >= 0.3 is 0 Å². The van der Waals surface area contributed by atoms with Crippen molar-refractivity contribution in [2.24, 2.45) is 5.14 Å². The fraction of sp³-hybridized carbons (Fsp3) is 0.909. The van der Waals surface area contributed by atoms with Gasteiger partial charge in [0.2, 0.25) is 15.9 Å². The van der Waals surface area contributed by atoms with Crippen LogP contribution in [-0.2, 0) is 14.8 Å². The molecular weight excluding hydrogens is 254 g/mol. The topological polar surface area (TPSA) is 92.5 Å². The summed E-state index contributed by atoms with van der Waals surface area (Å²) in [5, 5.41) is 8.51. The van der Waals surface area contributed by atoms with Crippen molar-refractivity contribution in [2.75, 3.05) is 26.2 Å². The van der Waals surface area contributed by atoms with Gasteiger partial charge in [-0.3, -0.25) is 4.79 Å². The van der Waals surface area contributed by atoms with Crippen molar-refractivity contribution < 1.29 is 13.2 Å². The number of carbonyl (C=O) groups excluding carboxylic acids is 1. The van der Waals surface area contributed by atoms with Crippen molar-refractivity contribution in [3.05, 3.63) is 0 Å². The Morgan fingerprint density at radius 3 is 2.17 bits per heavy atom. The van der Waals surface area contributed by atoms with Gasteiger partial charge in [-0.25, -0.2) is 13.6 Å². The molecule has 2 rings (SSSR count). The van der Waals surface area contributed by atoms with Crippen LogP contribution in [0.1, 0.15) is 32.1 Å². The number of primary sulfonamides is 1. The van der Waals surface area contributed by atoms with E-state index in [1.807, 2.05) is 0 Å². The van der Waals surface area contributed by atoms with Gasteiger partial charge in [-0.05, 0) is 12.8 Å². The van der Waals surface area contributed by atoms with Crippen molar-refractivity contribution in [1.29, 1.82) is 0 Å². The second kappa shape index (κ2) is 5.14. The average molecular weight is 275 g/mol. The SMILES string of the molecule is NS(=O)(=O)C1(C(=O)N2CCNCC2)CCCCC1. The third-order valence-corrected chi connectivity index (χ3v) is 5.67. The van der Waals surface area contributed by atoms with E-state index in [2.05, 4.69) is 5.32 Å². The van der Waals surface area contributed by atoms with Gasteiger partial charge in [0.15, 0.2) is 4.75 Å². The standard InChI is InChI=1S/C11H21N3O3S/c12-18(16,17)11(4-2-1-3-5-11)10(15)14-8-6-13-7-9-14/h13H,1-9H2,(H2,12,16,17). The lowest BCUT2D eigenvalue weighted by atomic mass is 9.87. The van der Waals surface area contributed by atoms with E-state index in [1.54, 1.807) is 4.90 Å². The van der Waals surface area contributed by atoms with E-state index in [9.17, 15) is 13.2 Å². The predicted molar refractivity (Wildman–Crippen MR) is 68.4 cm³/mol. The first kappa shape index (κ1) is 13.8. The van der Waals surface area contributed by atoms with Gasteiger partial charge in [0.25, 0.3) is 0 Å². The zero-order valence-electron chi connectivity index (χ0n) is 10.5. The summed E-state index contributed by atoms with van der Waals surface area (Å²) in [6.45, 7) is 2.56. The van der Waals surface area contributed by atoms with E-state index in [-0.39, 0.29) is 5.91 Å². The first-order chi connectivity index (χ1) is 8.47. The lowest BCUT2D eigenvalue weighted by Crippen LogP contribution is -2.60. The third kappa shape index (κ3) is 2.39. The van der Waals surface area contributed by atoms with E-state index >= 15 is 0 Å². The number of nitrogens with zero attached hydrogens (tertiary/aromatic N) is 1. The number of hydrogen-bond donors (Lipinski definition) is 2. The van der Waals surface area contributed by atoms with Crippen LogP contribution in [0.3, 0.4) is 0 Å². The van der Waals surface area contributed by atoms with Crippen LogP contribution in [-0.4, -0.2) is 50.2 Å². The van der Waals surface area contributed by atoms with Crippen molar-refractivity contribution in [2.45, 2.75) is 36.9 Å². The minimum Gasteiger partial charge on any atom is -0.339 e. The van der Waals surface area contributed by atoms with Crippen LogP contribution >= 0.6 is 0 Å². The molecule has 104 valence electrons. The van der Waals surface area contributed by atoms with Crippen LogP contribution < -0.4 is 10.5 Å². The number of carbonyl (C=O) groups is 1. The van der Waals surface area contributed by atoms with Crippen molar-refractivity contribution in [1.82, 2.24) is 10.2 Å². The van der Waals surface area contributed by atoms with Crippen molar-refractivity contribution in [3.8, 4) is 0 Å². The van der Waals surface area contributed by atoms with E-state index in [4.69, 9.17) is 5.14 Å². The molecule has 0 radical (unpaired) electrons. The molecule has 7 heteroatoms. The molecule has 0 aromatic heterocycles. The van der Waals surface area contributed by atoms with Crippen LogP contribution in [0.25, 0.3) is 0 Å². The molecule has 0 unspecified atom stereocenters. The van der Waals surface area contributed by atoms with Gasteiger partial charge in [-0.1, -0.05) is 19.3 Å². The maximum Gasteiger partial charge on any atom is 0.245 e. The fourth-order valence-electron chi connectivity index (χ4n) is 2.90. The molecule has 1 amide bonds. The number of sulfonamides is 1. The number of rotatable bonds is 2. The second-order valence-electron chi connectivity index (χ2n) is 5.14. The Labute approximate surface area is 108 Å². The monoisotopic (exact) mass is 275 g/mol. The summed E-state index contributed by atoms with van der Waals surface area (Å²) >= 11 is 0. The van der Waals surface area contributed by atoms with Gasteiger partial charge in [-0.15, -0.1) is 0 Å². The Bertz CT molecular complexity index is 409. The second-order valence-corrected chi connectivity index (χ2v) is 7.01. The molecule has 3 N–H and O–H groups in total. The summed E-state index contributed by atoms with van der Waals surface area (Å²) < 4.78 is 22.5. The summed E-state index contributed by atoms with van der Waals surface area (Å²) in [5.74, 6) is -0.286. The van der Waals surface area contributed by atoms with Crippen molar-refractivity contribution in [3.63, 3.8) is 0 Å². The van der Waals surface area contributed by atoms with Crippen LogP contribution in [0.5, 0.6) is 0 Å². The molecule has 1 heterocycles. The van der Waals surface area contributed by atoms with Gasteiger partial charge in [0.05, 0.1) is 0 Å². The average Bonchev–Trinajstić information content (AvgIpc) is 2.38. The Morgan fingerprint density at radius 1 is 1.11 bits per heavy atom. The minimum absolute atomic E-state index is 0.286. The maximum absolute atomic E-state index is 12.6. The molecule has 2 fully saturated rings. The Morgan fingerprint density at radius 2 is 1.67 bits per heavy atom. The van der Waals surface area contributed by atoms with Crippen LogP contribution in [0.4, 0.5) is 0 Å². The van der Waals surface area contributed by atoms with Crippen LogP contribution in [0, 0.1) is 0 Å². The lowest BCUT2D eigenvalue weighted by molar-refractivity contribution is -0.135. The third-order valence-electron chi connectivity index (χ3n) is 4.00. The molecule has 1 aliphatic heterocycles. The molecule has 18 heavy (non-hydrogen) atoms.